The molecule has 1 fully saturated rings. The van der Waals surface area contributed by atoms with Crippen LogP contribution in [0.5, 0.6) is 11.5 Å². The Kier molecular flexibility index (Phi) is 9.87. The Hall–Kier alpha value is -5.35. The largest absolute Gasteiger partial charge is 0.493 e. The van der Waals surface area contributed by atoms with Gasteiger partial charge in [0.15, 0.2) is 22.7 Å². The third kappa shape index (κ3) is 7.24. The topological polar surface area (TPSA) is 106 Å². The van der Waals surface area contributed by atoms with Crippen molar-refractivity contribution in [2.75, 3.05) is 33.2 Å². The molecule has 0 aliphatic carbocycles. The highest BCUT2D eigenvalue weighted by Crippen LogP contribution is 2.36. The van der Waals surface area contributed by atoms with Crippen molar-refractivity contribution in [3.05, 3.63) is 118 Å². The molecule has 1 aliphatic heterocycles. The molecule has 5 aromatic rings. The molecule has 3 aromatic carbocycles. The van der Waals surface area contributed by atoms with Gasteiger partial charge < -0.3 is 24.5 Å². The number of ether oxygens (including phenoxy) is 3. The van der Waals surface area contributed by atoms with Crippen LogP contribution in [0, 0.1) is 24.5 Å². The fraction of sp³-hybridized carbons (Fsp3) is 0.256. The van der Waals surface area contributed by atoms with E-state index >= 15 is 8.78 Å². The second-order valence-electron chi connectivity index (χ2n) is 12.3. The van der Waals surface area contributed by atoms with E-state index in [9.17, 15) is 9.59 Å². The minimum atomic E-state index is -0.601. The average Bonchev–Trinajstić information content (AvgIpc) is 3.10. The summed E-state index contributed by atoms with van der Waals surface area (Å²) in [6.45, 7) is 3.59. The summed E-state index contributed by atoms with van der Waals surface area (Å²) in [5, 5.41) is 0. The van der Waals surface area contributed by atoms with Crippen LogP contribution in [0.3, 0.4) is 0 Å². The Balaban J connectivity index is 1.31. The maximum atomic E-state index is 15.7. The molecule has 1 aliphatic rings. The van der Waals surface area contributed by atoms with Crippen LogP contribution in [0.2, 0.25) is 0 Å². The van der Waals surface area contributed by atoms with Crippen molar-refractivity contribution in [1.82, 2.24) is 9.55 Å². The highest BCUT2D eigenvalue weighted by molar-refractivity contribution is 5.98. The number of nitrogen functional groups attached to an aromatic ring is 1. The maximum absolute atomic E-state index is 15.7. The smallest absolute Gasteiger partial charge is 0.200 e. The van der Waals surface area contributed by atoms with E-state index < -0.39 is 22.8 Å². The number of halogens is 2. The fourth-order valence-electron chi connectivity index (χ4n) is 6.23. The molecule has 252 valence electrons. The number of rotatable bonds is 10. The Morgan fingerprint density at radius 3 is 2.31 bits per heavy atom. The third-order valence-electron chi connectivity index (χ3n) is 8.93. The number of pyridine rings is 2. The minimum absolute atomic E-state index is 0.0786. The van der Waals surface area contributed by atoms with Crippen LogP contribution in [-0.2, 0) is 17.7 Å². The van der Waals surface area contributed by atoms with Crippen LogP contribution < -0.4 is 20.6 Å². The quantitative estimate of drug-likeness (QED) is 0.156. The van der Waals surface area contributed by atoms with E-state index in [-0.39, 0.29) is 40.4 Å². The van der Waals surface area contributed by atoms with Gasteiger partial charge in [0.25, 0.3) is 0 Å². The van der Waals surface area contributed by atoms with E-state index in [2.05, 4.69) is 4.98 Å². The SMILES string of the molecule is COc1ccc(-c2cnc(N)c(-c3ccc(CC(=O)c4cn(CC5CCOCC5)cc(-c5ccc(C)cc5F)c4=O)cc3F)c2)cc1OC. The number of anilines is 1. The molecule has 6 rings (SSSR count). The highest BCUT2D eigenvalue weighted by atomic mass is 19.1. The molecular weight excluding hydrogens is 628 g/mol. The number of methoxy groups -OCH3 is 2. The lowest BCUT2D eigenvalue weighted by molar-refractivity contribution is 0.0612. The number of hydrogen-bond donors (Lipinski definition) is 1. The first-order valence-electron chi connectivity index (χ1n) is 16.0. The molecule has 0 saturated carbocycles. The molecule has 0 spiro atoms. The molecule has 0 bridgehead atoms. The lowest BCUT2D eigenvalue weighted by atomic mass is 9.96. The number of hydrogen-bond acceptors (Lipinski definition) is 7. The van der Waals surface area contributed by atoms with Crippen LogP contribution >= 0.6 is 0 Å². The van der Waals surface area contributed by atoms with Crippen molar-refractivity contribution in [2.45, 2.75) is 32.7 Å². The molecule has 10 heteroatoms. The van der Waals surface area contributed by atoms with Gasteiger partial charge in [0.05, 0.1) is 19.8 Å². The van der Waals surface area contributed by atoms with Crippen LogP contribution in [0.1, 0.15) is 34.3 Å². The standard InChI is InChI=1S/C39H37F2N3O5/c1-23-4-7-29(33(40)14-23)31-21-44(20-24-10-12-49-13-11-24)22-32(38(31)46)35(45)16-25-5-8-28(34(41)15-25)30-17-27(19-43-39(30)42)26-6-9-36(47-2)37(18-26)48-3/h4-9,14-15,17-19,21-22,24H,10-13,16,20H2,1-3H3,(H2,42,43). The van der Waals surface area contributed by atoms with E-state index in [0.717, 1.165) is 18.4 Å². The van der Waals surface area contributed by atoms with Crippen LogP contribution in [0.15, 0.2) is 84.0 Å². The minimum Gasteiger partial charge on any atom is -0.493 e. The van der Waals surface area contributed by atoms with Gasteiger partial charge in [-0.3, -0.25) is 9.59 Å². The molecule has 0 atom stereocenters. The van der Waals surface area contributed by atoms with Crippen molar-refractivity contribution < 1.29 is 27.8 Å². The summed E-state index contributed by atoms with van der Waals surface area (Å²) in [7, 11) is 3.09. The summed E-state index contributed by atoms with van der Waals surface area (Å²) in [5.74, 6) is -0.122. The Morgan fingerprint density at radius 1 is 0.878 bits per heavy atom. The van der Waals surface area contributed by atoms with Gasteiger partial charge in [0.2, 0.25) is 0 Å². The van der Waals surface area contributed by atoms with Gasteiger partial charge in [-0.2, -0.15) is 0 Å². The van der Waals surface area contributed by atoms with E-state index in [0.29, 0.717) is 53.5 Å². The van der Waals surface area contributed by atoms with Gasteiger partial charge in [-0.05, 0) is 72.7 Å². The zero-order chi connectivity index (χ0) is 34.7. The molecule has 0 amide bonds. The number of benzene rings is 3. The van der Waals surface area contributed by atoms with Gasteiger partial charge in [-0.15, -0.1) is 0 Å². The summed E-state index contributed by atoms with van der Waals surface area (Å²) in [4.78, 5) is 31.7. The van der Waals surface area contributed by atoms with Crippen molar-refractivity contribution in [3.63, 3.8) is 0 Å². The van der Waals surface area contributed by atoms with Crippen LogP contribution in [-0.4, -0.2) is 42.8 Å². The molecule has 2 N–H and O–H groups in total. The summed E-state index contributed by atoms with van der Waals surface area (Å²) < 4.78 is 48.9. The molecule has 8 nitrogen and oxygen atoms in total. The van der Waals surface area contributed by atoms with Crippen LogP contribution in [0.25, 0.3) is 33.4 Å². The predicted octanol–water partition coefficient (Wildman–Crippen LogP) is 7.28. The van der Waals surface area contributed by atoms with Crippen molar-refractivity contribution in [1.29, 1.82) is 0 Å². The monoisotopic (exact) mass is 665 g/mol. The van der Waals surface area contributed by atoms with Crippen molar-refractivity contribution in [2.24, 2.45) is 5.92 Å². The number of carbonyl (C=O) groups is 1. The zero-order valence-corrected chi connectivity index (χ0v) is 27.6. The van der Waals surface area contributed by atoms with Gasteiger partial charge in [0.1, 0.15) is 17.5 Å². The van der Waals surface area contributed by atoms with Gasteiger partial charge in [-0.1, -0.05) is 30.3 Å². The van der Waals surface area contributed by atoms with Gasteiger partial charge in [0, 0.05) is 72.6 Å². The first-order valence-corrected chi connectivity index (χ1v) is 16.0. The molecule has 2 aromatic heterocycles. The number of Topliss-reactive ketones (excluding diaryl/α,β-unsaturated/α-hetero) is 1. The fourth-order valence-corrected chi connectivity index (χ4v) is 6.23. The number of nitrogens with zero attached hydrogens (tertiary/aromatic N) is 2. The third-order valence-corrected chi connectivity index (χ3v) is 8.93. The lowest BCUT2D eigenvalue weighted by Crippen LogP contribution is -2.25. The summed E-state index contributed by atoms with van der Waals surface area (Å²) in [6.07, 6.45) is 6.19. The Bertz CT molecular complexity index is 2090. The van der Waals surface area contributed by atoms with E-state index in [1.807, 2.05) is 6.07 Å². The lowest BCUT2D eigenvalue weighted by Gasteiger charge is -2.23. The number of ketones is 1. The molecular formula is C39H37F2N3O5. The first-order chi connectivity index (χ1) is 23.6. The highest BCUT2D eigenvalue weighted by Gasteiger charge is 2.22. The van der Waals surface area contributed by atoms with E-state index in [1.54, 1.807) is 80.6 Å². The van der Waals surface area contributed by atoms with Gasteiger partial charge >= 0.3 is 0 Å². The Labute approximate surface area is 283 Å². The summed E-state index contributed by atoms with van der Waals surface area (Å²) >= 11 is 0. The molecule has 0 radical (unpaired) electrons. The molecule has 0 unspecified atom stereocenters. The molecule has 1 saturated heterocycles. The number of aryl methyl sites for hydroxylation is 1. The summed E-state index contributed by atoms with van der Waals surface area (Å²) in [5.41, 5.74) is 8.91. The van der Waals surface area contributed by atoms with Crippen molar-refractivity contribution >= 4 is 11.6 Å². The van der Waals surface area contributed by atoms with Crippen molar-refractivity contribution in [3.8, 4) is 44.9 Å². The summed E-state index contributed by atoms with van der Waals surface area (Å²) in [6, 6.07) is 16.2. The molecule has 3 heterocycles. The average molecular weight is 666 g/mol. The normalized spacial score (nSPS) is 13.3. The number of aromatic nitrogens is 2. The zero-order valence-electron chi connectivity index (χ0n) is 27.6. The molecule has 49 heavy (non-hydrogen) atoms. The Morgan fingerprint density at radius 2 is 1.59 bits per heavy atom. The number of carbonyl (C=O) groups excluding carboxylic acids is 1. The van der Waals surface area contributed by atoms with Gasteiger partial charge in [-0.25, -0.2) is 13.8 Å². The van der Waals surface area contributed by atoms with E-state index in [1.165, 1.54) is 18.3 Å². The second kappa shape index (κ2) is 14.4. The second-order valence-corrected chi connectivity index (χ2v) is 12.3. The maximum Gasteiger partial charge on any atom is 0.200 e. The first kappa shape index (κ1) is 33.5. The predicted molar refractivity (Wildman–Crippen MR) is 185 cm³/mol. The van der Waals surface area contributed by atoms with Crippen LogP contribution in [0.4, 0.5) is 14.6 Å². The number of nitrogens with two attached hydrogens (primary N) is 1. The van der Waals surface area contributed by atoms with E-state index in [4.69, 9.17) is 19.9 Å².